The molecule has 28 heavy (non-hydrogen) atoms. The monoisotopic (exact) mass is 388 g/mol. The first-order chi connectivity index (χ1) is 13.2. The van der Waals surface area contributed by atoms with Gasteiger partial charge in [0, 0.05) is 19.0 Å². The molecule has 0 N–H and O–H groups in total. The highest BCUT2D eigenvalue weighted by Crippen LogP contribution is 2.29. The SMILES string of the molecule is COc1ccc2nc(C)c(C(=O)N(C)Cc3ccc(C(F)(F)F)cc3)cc2c1. The van der Waals surface area contributed by atoms with Crippen molar-refractivity contribution in [2.75, 3.05) is 14.2 Å². The third-order valence-electron chi connectivity index (χ3n) is 4.49. The van der Waals surface area contributed by atoms with E-state index in [-0.39, 0.29) is 12.5 Å². The highest BCUT2D eigenvalue weighted by atomic mass is 19.4. The van der Waals surface area contributed by atoms with Crippen LogP contribution in [-0.2, 0) is 12.7 Å². The van der Waals surface area contributed by atoms with Gasteiger partial charge in [0.25, 0.3) is 5.91 Å². The van der Waals surface area contributed by atoms with Crippen molar-refractivity contribution in [1.82, 2.24) is 9.88 Å². The number of rotatable bonds is 4. The maximum Gasteiger partial charge on any atom is 0.416 e. The first kappa shape index (κ1) is 19.7. The van der Waals surface area contributed by atoms with Crippen molar-refractivity contribution in [2.24, 2.45) is 0 Å². The van der Waals surface area contributed by atoms with Crippen molar-refractivity contribution in [3.05, 3.63) is 70.9 Å². The summed E-state index contributed by atoms with van der Waals surface area (Å²) in [5.41, 5.74) is 1.67. The number of pyridine rings is 1. The van der Waals surface area contributed by atoms with Crippen molar-refractivity contribution in [1.29, 1.82) is 0 Å². The van der Waals surface area contributed by atoms with E-state index in [1.165, 1.54) is 17.0 Å². The Kier molecular flexibility index (Phi) is 5.27. The fraction of sp³-hybridized carbons (Fsp3) is 0.238. The lowest BCUT2D eigenvalue weighted by Gasteiger charge is -2.19. The van der Waals surface area contributed by atoms with Gasteiger partial charge in [-0.15, -0.1) is 0 Å². The lowest BCUT2D eigenvalue weighted by Crippen LogP contribution is -2.27. The Labute approximate surface area is 160 Å². The van der Waals surface area contributed by atoms with Gasteiger partial charge in [-0.2, -0.15) is 13.2 Å². The van der Waals surface area contributed by atoms with E-state index in [0.717, 1.165) is 23.0 Å². The highest BCUT2D eigenvalue weighted by Gasteiger charge is 2.30. The summed E-state index contributed by atoms with van der Waals surface area (Å²) in [5, 5.41) is 0.774. The molecule has 4 nitrogen and oxygen atoms in total. The molecule has 0 fully saturated rings. The van der Waals surface area contributed by atoms with E-state index in [1.54, 1.807) is 39.3 Å². The van der Waals surface area contributed by atoms with E-state index in [1.807, 2.05) is 6.07 Å². The molecule has 7 heteroatoms. The molecule has 0 aliphatic heterocycles. The van der Waals surface area contributed by atoms with Crippen LogP contribution >= 0.6 is 0 Å². The Morgan fingerprint density at radius 3 is 2.39 bits per heavy atom. The number of aromatic nitrogens is 1. The molecular formula is C21H19F3N2O2. The van der Waals surface area contributed by atoms with Crippen molar-refractivity contribution in [3.63, 3.8) is 0 Å². The largest absolute Gasteiger partial charge is 0.497 e. The van der Waals surface area contributed by atoms with Crippen LogP contribution in [-0.4, -0.2) is 29.9 Å². The van der Waals surface area contributed by atoms with E-state index < -0.39 is 11.7 Å². The number of halogens is 3. The van der Waals surface area contributed by atoms with Gasteiger partial charge in [-0.1, -0.05) is 12.1 Å². The maximum atomic E-state index is 12.9. The average Bonchev–Trinajstić information content (AvgIpc) is 2.66. The standard InChI is InChI=1S/C21H19F3N2O2/c1-13-18(11-15-10-17(28-3)8-9-19(15)25-13)20(27)26(2)12-14-4-6-16(7-5-14)21(22,23)24/h4-11H,12H2,1-3H3. The van der Waals surface area contributed by atoms with Gasteiger partial charge in [-0.25, -0.2) is 0 Å². The summed E-state index contributed by atoms with van der Waals surface area (Å²) in [6.07, 6.45) is -4.38. The van der Waals surface area contributed by atoms with Crippen LogP contribution in [0, 0.1) is 6.92 Å². The van der Waals surface area contributed by atoms with Crippen LogP contribution in [0.25, 0.3) is 10.9 Å². The summed E-state index contributed by atoms with van der Waals surface area (Å²) in [7, 11) is 3.17. The Bertz CT molecular complexity index is 1010. The molecular weight excluding hydrogens is 369 g/mol. The number of carbonyl (C=O) groups is 1. The van der Waals surface area contributed by atoms with Crippen molar-refractivity contribution < 1.29 is 22.7 Å². The lowest BCUT2D eigenvalue weighted by molar-refractivity contribution is -0.137. The summed E-state index contributed by atoms with van der Waals surface area (Å²) in [4.78, 5) is 18.8. The third kappa shape index (κ3) is 4.08. The molecule has 3 rings (SSSR count). The third-order valence-corrected chi connectivity index (χ3v) is 4.49. The van der Waals surface area contributed by atoms with Gasteiger partial charge >= 0.3 is 6.18 Å². The number of nitrogens with zero attached hydrogens (tertiary/aromatic N) is 2. The zero-order valence-corrected chi connectivity index (χ0v) is 15.7. The molecule has 2 aromatic carbocycles. The molecule has 1 aromatic heterocycles. The predicted octanol–water partition coefficient (Wildman–Crippen LogP) is 4.84. The molecule has 0 unspecified atom stereocenters. The van der Waals surface area contributed by atoms with E-state index in [2.05, 4.69) is 4.98 Å². The minimum Gasteiger partial charge on any atom is -0.497 e. The zero-order valence-electron chi connectivity index (χ0n) is 15.7. The van der Waals surface area contributed by atoms with E-state index in [0.29, 0.717) is 22.6 Å². The molecule has 0 radical (unpaired) electrons. The quantitative estimate of drug-likeness (QED) is 0.642. The highest BCUT2D eigenvalue weighted by molar-refractivity contribution is 5.98. The molecule has 1 heterocycles. The van der Waals surface area contributed by atoms with Crippen LogP contribution < -0.4 is 4.74 Å². The Balaban J connectivity index is 1.83. The van der Waals surface area contributed by atoms with Crippen molar-refractivity contribution in [2.45, 2.75) is 19.6 Å². The molecule has 0 saturated heterocycles. The number of benzene rings is 2. The van der Waals surface area contributed by atoms with Gasteiger partial charge in [0.05, 0.1) is 29.4 Å². The molecule has 0 aliphatic carbocycles. The van der Waals surface area contributed by atoms with Gasteiger partial charge < -0.3 is 9.64 Å². The molecule has 0 aliphatic rings. The Hall–Kier alpha value is -3.09. The predicted molar refractivity (Wildman–Crippen MR) is 100 cm³/mol. The summed E-state index contributed by atoms with van der Waals surface area (Å²) in [5.74, 6) is 0.407. The van der Waals surface area contributed by atoms with E-state index >= 15 is 0 Å². The van der Waals surface area contributed by atoms with Gasteiger partial charge in [0.2, 0.25) is 0 Å². The van der Waals surface area contributed by atoms with E-state index in [9.17, 15) is 18.0 Å². The summed E-state index contributed by atoms with van der Waals surface area (Å²) in [6, 6.07) is 12.0. The van der Waals surface area contributed by atoms with Crippen LogP contribution in [0.5, 0.6) is 5.75 Å². The fourth-order valence-electron chi connectivity index (χ4n) is 2.94. The zero-order chi connectivity index (χ0) is 20.5. The normalized spacial score (nSPS) is 11.5. The number of alkyl halides is 3. The van der Waals surface area contributed by atoms with Crippen LogP contribution in [0.3, 0.4) is 0 Å². The number of hydrogen-bond acceptors (Lipinski definition) is 3. The first-order valence-electron chi connectivity index (χ1n) is 8.56. The van der Waals surface area contributed by atoms with E-state index in [4.69, 9.17) is 4.74 Å². The second-order valence-electron chi connectivity index (χ2n) is 6.54. The summed E-state index contributed by atoms with van der Waals surface area (Å²) >= 11 is 0. The summed E-state index contributed by atoms with van der Waals surface area (Å²) in [6.45, 7) is 1.94. The van der Waals surface area contributed by atoms with Gasteiger partial charge in [-0.05, 0) is 48.9 Å². The molecule has 0 spiro atoms. The number of methoxy groups -OCH3 is 1. The van der Waals surface area contributed by atoms with Crippen LogP contribution in [0.15, 0.2) is 48.5 Å². The number of hydrogen-bond donors (Lipinski definition) is 0. The summed E-state index contributed by atoms with van der Waals surface area (Å²) < 4.78 is 43.2. The number of fused-ring (bicyclic) bond motifs is 1. The molecule has 3 aromatic rings. The molecule has 0 saturated carbocycles. The first-order valence-corrected chi connectivity index (χ1v) is 8.56. The average molecular weight is 388 g/mol. The Morgan fingerprint density at radius 1 is 1.11 bits per heavy atom. The number of carbonyl (C=O) groups excluding carboxylic acids is 1. The van der Waals surface area contributed by atoms with Gasteiger partial charge in [-0.3, -0.25) is 9.78 Å². The number of amides is 1. The smallest absolute Gasteiger partial charge is 0.416 e. The van der Waals surface area contributed by atoms with Crippen molar-refractivity contribution >= 4 is 16.8 Å². The maximum absolute atomic E-state index is 12.9. The molecule has 0 bridgehead atoms. The fourth-order valence-corrected chi connectivity index (χ4v) is 2.94. The van der Waals surface area contributed by atoms with Gasteiger partial charge in [0.1, 0.15) is 5.75 Å². The number of aryl methyl sites for hydroxylation is 1. The molecule has 146 valence electrons. The second-order valence-corrected chi connectivity index (χ2v) is 6.54. The minimum absolute atomic E-state index is 0.187. The Morgan fingerprint density at radius 2 is 1.79 bits per heavy atom. The second kappa shape index (κ2) is 7.50. The molecule has 0 atom stereocenters. The van der Waals surface area contributed by atoms with Crippen LogP contribution in [0.2, 0.25) is 0 Å². The van der Waals surface area contributed by atoms with Crippen molar-refractivity contribution in [3.8, 4) is 5.75 Å². The number of ether oxygens (including phenoxy) is 1. The van der Waals surface area contributed by atoms with Crippen LogP contribution in [0.4, 0.5) is 13.2 Å². The lowest BCUT2D eigenvalue weighted by atomic mass is 10.1. The topological polar surface area (TPSA) is 42.4 Å². The van der Waals surface area contributed by atoms with Gasteiger partial charge in [0.15, 0.2) is 0 Å². The minimum atomic E-state index is -4.38. The van der Waals surface area contributed by atoms with Crippen LogP contribution in [0.1, 0.15) is 27.2 Å². The molecule has 1 amide bonds.